The Labute approximate surface area is 140 Å². The molecule has 3 rings (SSSR count). The number of aliphatic hydroxyl groups excluding tert-OH is 1. The van der Waals surface area contributed by atoms with Crippen LogP contribution in [0.15, 0.2) is 24.3 Å². The summed E-state index contributed by atoms with van der Waals surface area (Å²) in [6, 6.07) is 5.92. The molecule has 0 radical (unpaired) electrons. The Morgan fingerprint density at radius 3 is 2.87 bits per heavy atom. The van der Waals surface area contributed by atoms with E-state index >= 15 is 0 Å². The van der Waals surface area contributed by atoms with Gasteiger partial charge in [-0.05, 0) is 37.1 Å². The number of aliphatic hydroxyl groups is 1. The lowest BCUT2D eigenvalue weighted by molar-refractivity contribution is -0.136. The molecule has 1 N–H and O–H groups in total. The SMILES string of the molecule is O=C([C@H]1CCCN1C[C@@H](O)c1cccc(F)c1)N1CCSCC1. The van der Waals surface area contributed by atoms with Gasteiger partial charge in [-0.3, -0.25) is 9.69 Å². The lowest BCUT2D eigenvalue weighted by Crippen LogP contribution is -2.49. The van der Waals surface area contributed by atoms with Gasteiger partial charge in [0.05, 0.1) is 12.1 Å². The Balaban J connectivity index is 1.63. The summed E-state index contributed by atoms with van der Waals surface area (Å²) in [4.78, 5) is 16.7. The Bertz CT molecular complexity index is 551. The van der Waals surface area contributed by atoms with Crippen molar-refractivity contribution in [2.45, 2.75) is 25.0 Å². The predicted molar refractivity (Wildman–Crippen MR) is 89.9 cm³/mol. The Morgan fingerprint density at radius 2 is 2.13 bits per heavy atom. The summed E-state index contributed by atoms with van der Waals surface area (Å²) in [7, 11) is 0. The zero-order chi connectivity index (χ0) is 16.2. The second-order valence-corrected chi connectivity index (χ2v) is 7.39. The van der Waals surface area contributed by atoms with Gasteiger partial charge >= 0.3 is 0 Å². The van der Waals surface area contributed by atoms with E-state index in [0.29, 0.717) is 12.1 Å². The minimum atomic E-state index is -0.768. The minimum Gasteiger partial charge on any atom is -0.387 e. The van der Waals surface area contributed by atoms with Crippen molar-refractivity contribution in [1.82, 2.24) is 9.80 Å². The molecule has 0 saturated carbocycles. The molecule has 23 heavy (non-hydrogen) atoms. The maximum Gasteiger partial charge on any atom is 0.239 e. The van der Waals surface area contributed by atoms with Crippen molar-refractivity contribution >= 4 is 17.7 Å². The first kappa shape index (κ1) is 16.7. The van der Waals surface area contributed by atoms with Crippen LogP contribution in [-0.4, -0.2) is 64.5 Å². The highest BCUT2D eigenvalue weighted by Gasteiger charge is 2.35. The van der Waals surface area contributed by atoms with Crippen LogP contribution in [0.2, 0.25) is 0 Å². The molecule has 0 unspecified atom stereocenters. The molecule has 2 aliphatic heterocycles. The van der Waals surface area contributed by atoms with Crippen LogP contribution >= 0.6 is 11.8 Å². The Hall–Kier alpha value is -1.11. The van der Waals surface area contributed by atoms with Crippen LogP contribution in [-0.2, 0) is 4.79 Å². The molecular weight excluding hydrogens is 315 g/mol. The Kier molecular flexibility index (Phi) is 5.56. The molecule has 0 spiro atoms. The standard InChI is InChI=1S/C17H23FN2O2S/c18-14-4-1-3-13(11-14)16(21)12-20-6-2-5-15(20)17(22)19-7-9-23-10-8-19/h1,3-4,11,15-16,21H,2,5-10,12H2/t15-,16-/m1/s1. The first-order valence-electron chi connectivity index (χ1n) is 8.19. The molecule has 2 saturated heterocycles. The molecule has 6 heteroatoms. The largest absolute Gasteiger partial charge is 0.387 e. The molecule has 2 fully saturated rings. The van der Waals surface area contributed by atoms with Gasteiger partial charge in [-0.1, -0.05) is 12.1 Å². The summed E-state index contributed by atoms with van der Waals surface area (Å²) in [6.45, 7) is 2.83. The first-order valence-corrected chi connectivity index (χ1v) is 9.35. The quantitative estimate of drug-likeness (QED) is 0.911. The topological polar surface area (TPSA) is 43.8 Å². The number of amides is 1. The molecule has 1 amide bonds. The van der Waals surface area contributed by atoms with Crippen molar-refractivity contribution in [2.75, 3.05) is 37.7 Å². The van der Waals surface area contributed by atoms with Crippen LogP contribution in [0.25, 0.3) is 0 Å². The van der Waals surface area contributed by atoms with Crippen LogP contribution in [0.1, 0.15) is 24.5 Å². The average Bonchev–Trinajstić information content (AvgIpc) is 3.03. The molecule has 0 aromatic heterocycles. The van der Waals surface area contributed by atoms with Gasteiger partial charge in [-0.15, -0.1) is 0 Å². The predicted octanol–water partition coefficient (Wildman–Crippen LogP) is 1.90. The van der Waals surface area contributed by atoms with E-state index < -0.39 is 6.10 Å². The lowest BCUT2D eigenvalue weighted by atomic mass is 10.1. The third-order valence-corrected chi connectivity index (χ3v) is 5.55. The number of rotatable bonds is 4. The number of carbonyl (C=O) groups excluding carboxylic acids is 1. The van der Waals surface area contributed by atoms with E-state index in [1.165, 1.54) is 12.1 Å². The second-order valence-electron chi connectivity index (χ2n) is 6.16. The van der Waals surface area contributed by atoms with Crippen LogP contribution < -0.4 is 0 Å². The summed E-state index contributed by atoms with van der Waals surface area (Å²) >= 11 is 1.89. The fourth-order valence-corrected chi connectivity index (χ4v) is 4.26. The number of hydrogen-bond acceptors (Lipinski definition) is 4. The number of likely N-dealkylation sites (tertiary alicyclic amines) is 1. The zero-order valence-corrected chi connectivity index (χ0v) is 14.0. The number of thioether (sulfide) groups is 1. The normalized spacial score (nSPS) is 23.9. The molecule has 4 nitrogen and oxygen atoms in total. The van der Waals surface area contributed by atoms with Crippen molar-refractivity contribution in [3.8, 4) is 0 Å². The van der Waals surface area contributed by atoms with Gasteiger partial charge in [-0.2, -0.15) is 11.8 Å². The van der Waals surface area contributed by atoms with Gasteiger partial charge in [0.2, 0.25) is 5.91 Å². The molecule has 0 bridgehead atoms. The van der Waals surface area contributed by atoms with Gasteiger partial charge in [0.1, 0.15) is 5.82 Å². The van der Waals surface area contributed by atoms with Crippen LogP contribution in [0.5, 0.6) is 0 Å². The van der Waals surface area contributed by atoms with E-state index in [9.17, 15) is 14.3 Å². The van der Waals surface area contributed by atoms with E-state index in [1.807, 2.05) is 16.7 Å². The van der Waals surface area contributed by atoms with Crippen molar-refractivity contribution < 1.29 is 14.3 Å². The molecule has 2 heterocycles. The van der Waals surface area contributed by atoms with E-state index in [-0.39, 0.29) is 17.8 Å². The van der Waals surface area contributed by atoms with E-state index in [2.05, 4.69) is 4.90 Å². The van der Waals surface area contributed by atoms with Gasteiger partial charge in [0, 0.05) is 31.1 Å². The van der Waals surface area contributed by atoms with Crippen molar-refractivity contribution in [3.05, 3.63) is 35.6 Å². The van der Waals surface area contributed by atoms with Gasteiger partial charge < -0.3 is 10.0 Å². The summed E-state index contributed by atoms with van der Waals surface area (Å²) in [5, 5.41) is 10.4. The Morgan fingerprint density at radius 1 is 1.35 bits per heavy atom. The second kappa shape index (κ2) is 7.64. The summed E-state index contributed by atoms with van der Waals surface area (Å²) in [5.74, 6) is 1.85. The molecule has 2 aliphatic rings. The molecule has 126 valence electrons. The first-order chi connectivity index (χ1) is 11.1. The number of nitrogens with zero attached hydrogens (tertiary/aromatic N) is 2. The van der Waals surface area contributed by atoms with Gasteiger partial charge in [0.15, 0.2) is 0 Å². The molecule has 1 aromatic carbocycles. The van der Waals surface area contributed by atoms with Crippen LogP contribution in [0.4, 0.5) is 4.39 Å². The van der Waals surface area contributed by atoms with Crippen molar-refractivity contribution in [3.63, 3.8) is 0 Å². The van der Waals surface area contributed by atoms with Crippen molar-refractivity contribution in [1.29, 1.82) is 0 Å². The van der Waals surface area contributed by atoms with E-state index in [0.717, 1.165) is 44.0 Å². The average molecular weight is 338 g/mol. The van der Waals surface area contributed by atoms with Crippen LogP contribution in [0, 0.1) is 5.82 Å². The number of benzene rings is 1. The highest BCUT2D eigenvalue weighted by molar-refractivity contribution is 7.99. The lowest BCUT2D eigenvalue weighted by Gasteiger charge is -2.33. The fraction of sp³-hybridized carbons (Fsp3) is 0.588. The van der Waals surface area contributed by atoms with Crippen molar-refractivity contribution in [2.24, 2.45) is 0 Å². The third-order valence-electron chi connectivity index (χ3n) is 4.61. The minimum absolute atomic E-state index is 0.138. The van der Waals surface area contributed by atoms with Crippen LogP contribution in [0.3, 0.4) is 0 Å². The van der Waals surface area contributed by atoms with Gasteiger partial charge in [-0.25, -0.2) is 4.39 Å². The maximum absolute atomic E-state index is 13.3. The molecule has 1 aromatic rings. The number of β-amino-alcohol motifs (C(OH)–C–C–N with tert-alkyl or cyclic N) is 1. The fourth-order valence-electron chi connectivity index (χ4n) is 3.36. The third kappa shape index (κ3) is 4.05. The molecule has 2 atom stereocenters. The number of halogens is 1. The maximum atomic E-state index is 13.3. The smallest absolute Gasteiger partial charge is 0.239 e. The molecular formula is C17H23FN2O2S. The number of carbonyl (C=O) groups is 1. The zero-order valence-electron chi connectivity index (χ0n) is 13.2. The monoisotopic (exact) mass is 338 g/mol. The number of hydrogen-bond donors (Lipinski definition) is 1. The molecule has 0 aliphatic carbocycles. The highest BCUT2D eigenvalue weighted by atomic mass is 32.2. The summed E-state index contributed by atoms with van der Waals surface area (Å²) in [5.41, 5.74) is 0.567. The summed E-state index contributed by atoms with van der Waals surface area (Å²) in [6.07, 6.45) is 1.05. The van der Waals surface area contributed by atoms with E-state index in [4.69, 9.17) is 0 Å². The highest BCUT2D eigenvalue weighted by Crippen LogP contribution is 2.24. The van der Waals surface area contributed by atoms with Gasteiger partial charge in [0.25, 0.3) is 0 Å². The summed E-state index contributed by atoms with van der Waals surface area (Å²) < 4.78 is 13.3. The van der Waals surface area contributed by atoms with E-state index in [1.54, 1.807) is 12.1 Å².